The highest BCUT2D eigenvalue weighted by atomic mass is 79.9. The Balaban J connectivity index is 1.90. The Morgan fingerprint density at radius 1 is 1.21 bits per heavy atom. The number of hydrogen-bond donors (Lipinski definition) is 2. The number of carbonyl (C=O) groups is 1. The van der Waals surface area contributed by atoms with Crippen molar-refractivity contribution in [3.8, 4) is 5.75 Å². The Morgan fingerprint density at radius 2 is 1.96 bits per heavy atom. The van der Waals surface area contributed by atoms with Crippen molar-refractivity contribution in [3.63, 3.8) is 0 Å². The number of benzene rings is 2. The molecule has 2 aromatic rings. The van der Waals surface area contributed by atoms with Crippen LogP contribution in [0.1, 0.15) is 29.7 Å². The zero-order valence-electron chi connectivity index (χ0n) is 14.5. The van der Waals surface area contributed by atoms with Gasteiger partial charge in [-0.05, 0) is 78.2 Å². The van der Waals surface area contributed by atoms with Crippen molar-refractivity contribution in [2.45, 2.75) is 26.8 Å². The van der Waals surface area contributed by atoms with Gasteiger partial charge in [-0.15, -0.1) is 0 Å². The number of halogens is 1. The van der Waals surface area contributed by atoms with Gasteiger partial charge in [0.15, 0.2) is 6.54 Å². The average Bonchev–Trinajstić information content (AvgIpc) is 2.56. The molecule has 2 rings (SSSR count). The zero-order valence-corrected chi connectivity index (χ0v) is 16.1. The Morgan fingerprint density at radius 3 is 2.58 bits per heavy atom. The fourth-order valence-corrected chi connectivity index (χ4v) is 2.98. The monoisotopic (exact) mass is 391 g/mol. The van der Waals surface area contributed by atoms with Crippen LogP contribution in [-0.2, 0) is 4.79 Å². The van der Waals surface area contributed by atoms with E-state index in [9.17, 15) is 4.79 Å². The normalized spacial score (nSPS) is 11.9. The third kappa shape index (κ3) is 4.82. The molecule has 5 heteroatoms. The minimum Gasteiger partial charge on any atom is -0.496 e. The van der Waals surface area contributed by atoms with Gasteiger partial charge in [0.05, 0.1) is 11.6 Å². The van der Waals surface area contributed by atoms with Crippen LogP contribution in [0.3, 0.4) is 0 Å². The van der Waals surface area contributed by atoms with Gasteiger partial charge in [-0.3, -0.25) is 4.79 Å². The number of anilines is 1. The lowest BCUT2D eigenvalue weighted by Gasteiger charge is -2.13. The van der Waals surface area contributed by atoms with Crippen LogP contribution >= 0.6 is 15.9 Å². The second kappa shape index (κ2) is 8.31. The topological polar surface area (TPSA) is 54.9 Å². The summed E-state index contributed by atoms with van der Waals surface area (Å²) < 4.78 is 6.16. The van der Waals surface area contributed by atoms with Crippen molar-refractivity contribution >= 4 is 27.5 Å². The fourth-order valence-electron chi connectivity index (χ4n) is 2.42. The van der Waals surface area contributed by atoms with E-state index in [1.807, 2.05) is 48.6 Å². The van der Waals surface area contributed by atoms with Gasteiger partial charge in [0.25, 0.3) is 5.91 Å². The summed E-state index contributed by atoms with van der Waals surface area (Å²) in [5.74, 6) is 0.802. The van der Waals surface area contributed by atoms with E-state index in [2.05, 4.69) is 35.1 Å². The van der Waals surface area contributed by atoms with Crippen LogP contribution in [0.25, 0.3) is 0 Å². The molecule has 3 N–H and O–H groups in total. The SMILES string of the molecule is COc1ccc([C@H](C)[NH2+]CC(=O)Nc2ccc(C)c(C)c2)cc1Br. The summed E-state index contributed by atoms with van der Waals surface area (Å²) in [6.07, 6.45) is 0. The first-order valence-corrected chi connectivity index (χ1v) is 8.74. The minimum absolute atomic E-state index is 0.00215. The molecule has 0 spiro atoms. The molecule has 2 aromatic carbocycles. The van der Waals surface area contributed by atoms with E-state index in [0.717, 1.165) is 21.5 Å². The zero-order chi connectivity index (χ0) is 17.7. The van der Waals surface area contributed by atoms with Gasteiger partial charge in [0.1, 0.15) is 11.8 Å². The van der Waals surface area contributed by atoms with Gasteiger partial charge in [-0.1, -0.05) is 6.07 Å². The van der Waals surface area contributed by atoms with Crippen LogP contribution in [0.4, 0.5) is 5.69 Å². The molecule has 0 aliphatic heterocycles. The van der Waals surface area contributed by atoms with Gasteiger partial charge < -0.3 is 15.4 Å². The fraction of sp³-hybridized carbons (Fsp3) is 0.316. The van der Waals surface area contributed by atoms with E-state index in [0.29, 0.717) is 6.54 Å². The van der Waals surface area contributed by atoms with E-state index in [4.69, 9.17) is 4.74 Å². The minimum atomic E-state index is -0.00215. The van der Waals surface area contributed by atoms with Crippen LogP contribution in [0.5, 0.6) is 5.75 Å². The van der Waals surface area contributed by atoms with E-state index in [-0.39, 0.29) is 11.9 Å². The van der Waals surface area contributed by atoms with Crippen molar-refractivity contribution in [1.82, 2.24) is 0 Å². The Bertz CT molecular complexity index is 731. The van der Waals surface area contributed by atoms with Crippen LogP contribution < -0.4 is 15.4 Å². The van der Waals surface area contributed by atoms with Crippen molar-refractivity contribution in [2.75, 3.05) is 19.0 Å². The molecule has 0 heterocycles. The predicted molar refractivity (Wildman–Crippen MR) is 100 cm³/mol. The summed E-state index contributed by atoms with van der Waals surface area (Å²) in [5, 5.41) is 4.97. The lowest BCUT2D eigenvalue weighted by atomic mass is 10.1. The quantitative estimate of drug-likeness (QED) is 0.793. The summed E-state index contributed by atoms with van der Waals surface area (Å²) >= 11 is 3.49. The number of hydrogen-bond acceptors (Lipinski definition) is 2. The molecule has 0 saturated heterocycles. The molecule has 0 aliphatic carbocycles. The van der Waals surface area contributed by atoms with Gasteiger partial charge in [-0.2, -0.15) is 0 Å². The van der Waals surface area contributed by atoms with Crippen molar-refractivity contribution in [3.05, 3.63) is 57.6 Å². The Labute approximate surface area is 151 Å². The number of quaternary nitrogens is 1. The van der Waals surface area contributed by atoms with Crippen LogP contribution in [0.15, 0.2) is 40.9 Å². The van der Waals surface area contributed by atoms with Crippen LogP contribution in [0.2, 0.25) is 0 Å². The summed E-state index contributed by atoms with van der Waals surface area (Å²) in [6, 6.07) is 12.1. The lowest BCUT2D eigenvalue weighted by molar-refractivity contribution is -0.682. The predicted octanol–water partition coefficient (Wildman–Crippen LogP) is 3.34. The van der Waals surface area contributed by atoms with Crippen LogP contribution in [0, 0.1) is 13.8 Å². The van der Waals surface area contributed by atoms with E-state index in [1.165, 1.54) is 11.1 Å². The first kappa shape index (κ1) is 18.5. The van der Waals surface area contributed by atoms with E-state index >= 15 is 0 Å². The maximum absolute atomic E-state index is 12.1. The van der Waals surface area contributed by atoms with E-state index < -0.39 is 0 Å². The standard InChI is InChI=1S/C19H23BrN2O2/c1-12-5-7-16(9-13(12)2)22-19(23)11-21-14(3)15-6-8-18(24-4)17(20)10-15/h5-10,14,21H,11H2,1-4H3,(H,22,23)/p+1/t14-/m0/s1. The van der Waals surface area contributed by atoms with Gasteiger partial charge in [-0.25, -0.2) is 0 Å². The molecule has 0 fully saturated rings. The highest BCUT2D eigenvalue weighted by Crippen LogP contribution is 2.27. The van der Waals surface area contributed by atoms with Crippen molar-refractivity contribution in [2.24, 2.45) is 0 Å². The number of nitrogens with two attached hydrogens (primary N) is 1. The number of aryl methyl sites for hydroxylation is 2. The molecular weight excluding hydrogens is 368 g/mol. The average molecular weight is 392 g/mol. The van der Waals surface area contributed by atoms with E-state index in [1.54, 1.807) is 7.11 Å². The first-order valence-electron chi connectivity index (χ1n) is 7.94. The number of amides is 1. The lowest BCUT2D eigenvalue weighted by Crippen LogP contribution is -2.86. The maximum Gasteiger partial charge on any atom is 0.279 e. The molecule has 1 atom stereocenters. The molecule has 0 radical (unpaired) electrons. The summed E-state index contributed by atoms with van der Waals surface area (Å²) in [5.41, 5.74) is 4.38. The molecule has 0 saturated carbocycles. The third-order valence-corrected chi connectivity index (χ3v) is 4.77. The molecular formula is C19H24BrN2O2+. The van der Waals surface area contributed by atoms with Crippen LogP contribution in [-0.4, -0.2) is 19.6 Å². The third-order valence-electron chi connectivity index (χ3n) is 4.15. The molecule has 0 aliphatic rings. The molecule has 0 unspecified atom stereocenters. The number of carbonyl (C=O) groups excluding carboxylic acids is 1. The maximum atomic E-state index is 12.1. The number of rotatable bonds is 6. The Kier molecular flexibility index (Phi) is 6.40. The number of ether oxygens (including phenoxy) is 1. The van der Waals surface area contributed by atoms with Gasteiger partial charge in [0.2, 0.25) is 0 Å². The molecule has 128 valence electrons. The summed E-state index contributed by atoms with van der Waals surface area (Å²) in [7, 11) is 1.65. The number of nitrogens with one attached hydrogen (secondary N) is 1. The Hall–Kier alpha value is -1.85. The first-order chi connectivity index (χ1) is 11.4. The summed E-state index contributed by atoms with van der Waals surface area (Å²) in [4.78, 5) is 12.1. The second-order valence-electron chi connectivity index (χ2n) is 5.97. The molecule has 0 bridgehead atoms. The number of methoxy groups -OCH3 is 1. The highest BCUT2D eigenvalue weighted by molar-refractivity contribution is 9.10. The largest absolute Gasteiger partial charge is 0.496 e. The second-order valence-corrected chi connectivity index (χ2v) is 6.82. The molecule has 24 heavy (non-hydrogen) atoms. The van der Waals surface area contributed by atoms with Gasteiger partial charge in [0, 0.05) is 11.3 Å². The smallest absolute Gasteiger partial charge is 0.279 e. The molecule has 1 amide bonds. The molecule has 0 aromatic heterocycles. The highest BCUT2D eigenvalue weighted by Gasteiger charge is 2.13. The summed E-state index contributed by atoms with van der Waals surface area (Å²) in [6.45, 7) is 6.55. The van der Waals surface area contributed by atoms with Crippen molar-refractivity contribution < 1.29 is 14.8 Å². The molecule has 4 nitrogen and oxygen atoms in total. The van der Waals surface area contributed by atoms with Crippen molar-refractivity contribution in [1.29, 1.82) is 0 Å². The van der Waals surface area contributed by atoms with Gasteiger partial charge >= 0.3 is 0 Å².